The van der Waals surface area contributed by atoms with Gasteiger partial charge in [-0.15, -0.1) is 0 Å². The zero-order chi connectivity index (χ0) is 13.0. The number of nitrogens with one attached hydrogen (secondary N) is 1. The SMILES string of the molecule is COC(=O)c1ccc(CNCc2ccc(C)o2)o1. The third-order valence-corrected chi connectivity index (χ3v) is 2.44. The van der Waals surface area contributed by atoms with Gasteiger partial charge in [0.2, 0.25) is 5.76 Å². The number of methoxy groups -OCH3 is 1. The Hall–Kier alpha value is -2.01. The summed E-state index contributed by atoms with van der Waals surface area (Å²) >= 11 is 0. The molecular formula is C13H15NO4. The minimum atomic E-state index is -0.470. The third kappa shape index (κ3) is 3.01. The average Bonchev–Trinajstić information content (AvgIpc) is 2.98. The van der Waals surface area contributed by atoms with Crippen LogP contribution >= 0.6 is 0 Å². The van der Waals surface area contributed by atoms with E-state index in [1.54, 1.807) is 12.1 Å². The van der Waals surface area contributed by atoms with Crippen LogP contribution in [0.3, 0.4) is 0 Å². The van der Waals surface area contributed by atoms with Crippen LogP contribution in [0.25, 0.3) is 0 Å². The van der Waals surface area contributed by atoms with Crippen LogP contribution in [0.15, 0.2) is 33.1 Å². The summed E-state index contributed by atoms with van der Waals surface area (Å²) in [5, 5.41) is 3.16. The molecule has 18 heavy (non-hydrogen) atoms. The van der Waals surface area contributed by atoms with Crippen molar-refractivity contribution in [2.75, 3.05) is 7.11 Å². The number of carbonyl (C=O) groups is 1. The van der Waals surface area contributed by atoms with E-state index in [9.17, 15) is 4.79 Å². The molecule has 0 aromatic carbocycles. The number of aryl methyl sites for hydroxylation is 1. The summed E-state index contributed by atoms with van der Waals surface area (Å²) in [6.07, 6.45) is 0. The first-order chi connectivity index (χ1) is 8.69. The van der Waals surface area contributed by atoms with Gasteiger partial charge in [0.1, 0.15) is 17.3 Å². The lowest BCUT2D eigenvalue weighted by Crippen LogP contribution is -2.11. The molecule has 1 N–H and O–H groups in total. The molecule has 0 saturated heterocycles. The molecule has 0 bridgehead atoms. The van der Waals surface area contributed by atoms with Crippen LogP contribution in [0.2, 0.25) is 0 Å². The minimum Gasteiger partial charge on any atom is -0.465 e. The van der Waals surface area contributed by atoms with E-state index in [4.69, 9.17) is 8.83 Å². The van der Waals surface area contributed by atoms with Crippen LogP contribution in [0.5, 0.6) is 0 Å². The van der Waals surface area contributed by atoms with Gasteiger partial charge in [0.05, 0.1) is 20.2 Å². The Morgan fingerprint density at radius 2 is 1.83 bits per heavy atom. The summed E-state index contributed by atoms with van der Waals surface area (Å²) in [5.74, 6) is 2.18. The zero-order valence-electron chi connectivity index (χ0n) is 10.4. The second kappa shape index (κ2) is 5.55. The van der Waals surface area contributed by atoms with Crippen LogP contribution in [0.1, 0.15) is 27.8 Å². The molecular weight excluding hydrogens is 234 g/mol. The van der Waals surface area contributed by atoms with Crippen LogP contribution in [-0.2, 0) is 17.8 Å². The largest absolute Gasteiger partial charge is 0.465 e. The zero-order valence-corrected chi connectivity index (χ0v) is 10.4. The highest BCUT2D eigenvalue weighted by Gasteiger charge is 2.10. The summed E-state index contributed by atoms with van der Waals surface area (Å²) in [7, 11) is 1.32. The summed E-state index contributed by atoms with van der Waals surface area (Å²) in [5.41, 5.74) is 0. The lowest BCUT2D eigenvalue weighted by Gasteiger charge is -1.99. The van der Waals surface area contributed by atoms with Crippen LogP contribution in [0.4, 0.5) is 0 Å². The first kappa shape index (κ1) is 12.4. The maximum Gasteiger partial charge on any atom is 0.373 e. The highest BCUT2D eigenvalue weighted by molar-refractivity contribution is 5.86. The molecule has 2 heterocycles. The predicted octanol–water partition coefficient (Wildman–Crippen LogP) is 2.26. The molecule has 2 rings (SSSR count). The van der Waals surface area contributed by atoms with Crippen molar-refractivity contribution in [3.05, 3.63) is 47.3 Å². The molecule has 2 aromatic rings. The lowest BCUT2D eigenvalue weighted by atomic mass is 10.4. The second-order valence-corrected chi connectivity index (χ2v) is 3.87. The molecule has 0 atom stereocenters. The van der Waals surface area contributed by atoms with E-state index in [1.807, 2.05) is 19.1 Å². The summed E-state index contributed by atoms with van der Waals surface area (Å²) in [6.45, 7) is 3.04. The highest BCUT2D eigenvalue weighted by Crippen LogP contribution is 2.10. The number of rotatable bonds is 5. The number of esters is 1. The van der Waals surface area contributed by atoms with E-state index in [0.29, 0.717) is 18.8 Å². The Morgan fingerprint density at radius 3 is 2.44 bits per heavy atom. The number of furan rings is 2. The minimum absolute atomic E-state index is 0.211. The summed E-state index contributed by atoms with van der Waals surface area (Å²) in [6, 6.07) is 7.18. The molecule has 0 aliphatic rings. The quantitative estimate of drug-likeness (QED) is 0.823. The van der Waals surface area contributed by atoms with E-state index in [1.165, 1.54) is 7.11 Å². The van der Waals surface area contributed by atoms with Crippen molar-refractivity contribution in [2.45, 2.75) is 20.0 Å². The maximum atomic E-state index is 11.2. The molecule has 0 radical (unpaired) electrons. The van der Waals surface area contributed by atoms with Gasteiger partial charge >= 0.3 is 5.97 Å². The van der Waals surface area contributed by atoms with Crippen molar-refractivity contribution in [3.63, 3.8) is 0 Å². The molecule has 0 aliphatic heterocycles. The van der Waals surface area contributed by atoms with E-state index in [2.05, 4.69) is 10.1 Å². The Balaban J connectivity index is 1.83. The highest BCUT2D eigenvalue weighted by atomic mass is 16.5. The molecule has 0 spiro atoms. The van der Waals surface area contributed by atoms with Gasteiger partial charge in [-0.2, -0.15) is 0 Å². The Bertz CT molecular complexity index is 527. The molecule has 0 fully saturated rings. The molecule has 5 nitrogen and oxygen atoms in total. The van der Waals surface area contributed by atoms with Gasteiger partial charge in [-0.3, -0.25) is 0 Å². The normalized spacial score (nSPS) is 10.6. The molecule has 0 aliphatic carbocycles. The Labute approximate surface area is 105 Å². The lowest BCUT2D eigenvalue weighted by molar-refractivity contribution is 0.0563. The van der Waals surface area contributed by atoms with E-state index in [-0.39, 0.29) is 5.76 Å². The smallest absolute Gasteiger partial charge is 0.373 e. The van der Waals surface area contributed by atoms with Gasteiger partial charge in [0.25, 0.3) is 0 Å². The van der Waals surface area contributed by atoms with E-state index in [0.717, 1.165) is 11.5 Å². The Kier molecular flexibility index (Phi) is 3.84. The number of ether oxygens (including phenoxy) is 1. The van der Waals surface area contributed by atoms with Gasteiger partial charge in [-0.1, -0.05) is 0 Å². The fourth-order valence-electron chi connectivity index (χ4n) is 1.57. The molecule has 5 heteroatoms. The number of carbonyl (C=O) groups excluding carboxylic acids is 1. The van der Waals surface area contributed by atoms with Gasteiger partial charge in [0.15, 0.2) is 0 Å². The van der Waals surface area contributed by atoms with Crippen molar-refractivity contribution in [1.82, 2.24) is 5.32 Å². The monoisotopic (exact) mass is 249 g/mol. The van der Waals surface area contributed by atoms with Gasteiger partial charge < -0.3 is 18.9 Å². The van der Waals surface area contributed by atoms with Crippen LogP contribution < -0.4 is 5.32 Å². The van der Waals surface area contributed by atoms with Crippen LogP contribution in [-0.4, -0.2) is 13.1 Å². The molecule has 0 amide bonds. The first-order valence-electron chi connectivity index (χ1n) is 5.62. The van der Waals surface area contributed by atoms with E-state index >= 15 is 0 Å². The first-order valence-corrected chi connectivity index (χ1v) is 5.62. The molecule has 2 aromatic heterocycles. The summed E-state index contributed by atoms with van der Waals surface area (Å²) < 4.78 is 15.3. The predicted molar refractivity (Wildman–Crippen MR) is 64.0 cm³/mol. The second-order valence-electron chi connectivity index (χ2n) is 3.87. The maximum absolute atomic E-state index is 11.2. The topological polar surface area (TPSA) is 64.6 Å². The van der Waals surface area contributed by atoms with Gasteiger partial charge in [-0.25, -0.2) is 4.79 Å². The van der Waals surface area contributed by atoms with Crippen LogP contribution in [0, 0.1) is 6.92 Å². The van der Waals surface area contributed by atoms with Gasteiger partial charge in [-0.05, 0) is 31.2 Å². The van der Waals surface area contributed by atoms with E-state index < -0.39 is 5.97 Å². The fourth-order valence-corrected chi connectivity index (χ4v) is 1.57. The van der Waals surface area contributed by atoms with Crippen molar-refractivity contribution < 1.29 is 18.4 Å². The molecule has 96 valence electrons. The molecule has 0 saturated carbocycles. The fraction of sp³-hybridized carbons (Fsp3) is 0.308. The van der Waals surface area contributed by atoms with Gasteiger partial charge in [0, 0.05) is 0 Å². The average molecular weight is 249 g/mol. The standard InChI is InChI=1S/C13H15NO4/c1-9-3-4-10(17-9)7-14-8-11-5-6-12(18-11)13(15)16-2/h3-6,14H,7-8H2,1-2H3. The van der Waals surface area contributed by atoms with Crippen molar-refractivity contribution in [3.8, 4) is 0 Å². The summed E-state index contributed by atoms with van der Waals surface area (Å²) in [4.78, 5) is 11.2. The van der Waals surface area contributed by atoms with Crippen molar-refractivity contribution >= 4 is 5.97 Å². The van der Waals surface area contributed by atoms with Crippen molar-refractivity contribution in [1.29, 1.82) is 0 Å². The number of hydrogen-bond acceptors (Lipinski definition) is 5. The Morgan fingerprint density at radius 1 is 1.17 bits per heavy atom. The molecule has 0 unspecified atom stereocenters. The number of hydrogen-bond donors (Lipinski definition) is 1. The van der Waals surface area contributed by atoms with Crippen molar-refractivity contribution in [2.24, 2.45) is 0 Å². The third-order valence-electron chi connectivity index (χ3n) is 2.44.